The van der Waals surface area contributed by atoms with Crippen LogP contribution in [-0.2, 0) is 23.1 Å². The van der Waals surface area contributed by atoms with Crippen LogP contribution in [-0.4, -0.2) is 17.3 Å². The van der Waals surface area contributed by atoms with Crippen LogP contribution in [0.2, 0.25) is 0 Å². The Kier molecular flexibility index (Phi) is 7.81. The second-order valence-corrected chi connectivity index (χ2v) is 8.54. The van der Waals surface area contributed by atoms with Crippen LogP contribution in [0, 0.1) is 12.3 Å². The molecular weight excluding hydrogens is 449 g/mol. The lowest BCUT2D eigenvalue weighted by molar-refractivity contribution is -0.138. The van der Waals surface area contributed by atoms with Gasteiger partial charge in [-0.05, 0) is 72.5 Å². The van der Waals surface area contributed by atoms with Crippen molar-refractivity contribution >= 4 is 35.3 Å². The van der Waals surface area contributed by atoms with E-state index in [2.05, 4.69) is 5.32 Å². The van der Waals surface area contributed by atoms with Crippen LogP contribution in [0.25, 0.3) is 0 Å². The zero-order valence-corrected chi connectivity index (χ0v) is 18.7. The summed E-state index contributed by atoms with van der Waals surface area (Å²) in [6.45, 7) is 1.96. The van der Waals surface area contributed by atoms with Crippen molar-refractivity contribution in [1.82, 2.24) is 0 Å². The van der Waals surface area contributed by atoms with Crippen molar-refractivity contribution < 1.29 is 23.1 Å². The van der Waals surface area contributed by atoms with Crippen molar-refractivity contribution in [2.24, 2.45) is 0 Å². The van der Waals surface area contributed by atoms with E-state index in [-0.39, 0.29) is 6.42 Å². The first-order valence-electron chi connectivity index (χ1n) is 10.2. The molecule has 8 heteroatoms. The minimum Gasteiger partial charge on any atom is -0.481 e. The summed E-state index contributed by atoms with van der Waals surface area (Å²) in [6.07, 6.45) is -2.57. The number of anilines is 2. The quantitative estimate of drug-likeness (QED) is 0.230. The van der Waals surface area contributed by atoms with Crippen molar-refractivity contribution in [2.75, 3.05) is 5.32 Å². The van der Waals surface area contributed by atoms with Gasteiger partial charge in [-0.3, -0.25) is 4.79 Å². The smallest absolute Gasteiger partial charge is 0.416 e. The summed E-state index contributed by atoms with van der Waals surface area (Å²) in [5, 5.41) is 19.8. The lowest BCUT2D eigenvalue weighted by Crippen LogP contribution is -2.05. The Hall–Kier alpha value is -3.26. The minimum atomic E-state index is -4.39. The Morgan fingerprint density at radius 1 is 1.09 bits per heavy atom. The number of aliphatic carboxylic acids is 1. The molecule has 172 valence electrons. The molecule has 0 radical (unpaired) electrons. The number of rotatable bonds is 9. The molecule has 0 spiro atoms. The predicted octanol–water partition coefficient (Wildman–Crippen LogP) is 7.06. The lowest BCUT2D eigenvalue weighted by Gasteiger charge is -2.14. The largest absolute Gasteiger partial charge is 0.481 e. The van der Waals surface area contributed by atoms with E-state index in [1.807, 2.05) is 37.3 Å². The summed E-state index contributed by atoms with van der Waals surface area (Å²) in [5.74, 6) is -0.224. The normalized spacial score (nSPS) is 11.3. The van der Waals surface area contributed by atoms with Crippen LogP contribution in [0.1, 0.15) is 34.2 Å². The number of hydrogen-bond acceptors (Lipinski definition) is 4. The van der Waals surface area contributed by atoms with Crippen molar-refractivity contribution in [1.29, 1.82) is 5.41 Å². The fourth-order valence-corrected chi connectivity index (χ4v) is 4.36. The number of hydrogen-bond donors (Lipinski definition) is 3. The molecule has 0 atom stereocenters. The first-order valence-corrected chi connectivity index (χ1v) is 11.2. The van der Waals surface area contributed by atoms with Gasteiger partial charge in [0.15, 0.2) is 0 Å². The number of nitrogens with one attached hydrogen (secondary N) is 2. The molecule has 0 heterocycles. The molecule has 3 rings (SSSR count). The summed E-state index contributed by atoms with van der Waals surface area (Å²) in [6, 6.07) is 16.3. The summed E-state index contributed by atoms with van der Waals surface area (Å²) in [5.41, 5.74) is 4.05. The average molecular weight is 473 g/mol. The first-order chi connectivity index (χ1) is 15.7. The fraction of sp³-hybridized carbons (Fsp3) is 0.200. The van der Waals surface area contributed by atoms with Gasteiger partial charge in [0.05, 0.1) is 5.56 Å². The summed E-state index contributed by atoms with van der Waals surface area (Å²) in [7, 11) is 0. The molecule has 3 N–H and O–H groups in total. The van der Waals surface area contributed by atoms with E-state index in [4.69, 9.17) is 10.5 Å². The van der Waals surface area contributed by atoms with Crippen molar-refractivity contribution in [3.8, 4) is 0 Å². The monoisotopic (exact) mass is 472 g/mol. The minimum absolute atomic E-state index is 0.0920. The second kappa shape index (κ2) is 10.6. The zero-order chi connectivity index (χ0) is 24.0. The molecule has 0 amide bonds. The number of carbonyl (C=O) groups is 1. The molecule has 3 aromatic carbocycles. The van der Waals surface area contributed by atoms with Crippen LogP contribution >= 0.6 is 11.8 Å². The van der Waals surface area contributed by atoms with E-state index in [0.717, 1.165) is 33.7 Å². The van der Waals surface area contributed by atoms with Crippen LogP contribution in [0.4, 0.5) is 24.5 Å². The summed E-state index contributed by atoms with van der Waals surface area (Å²) >= 11 is 1.60. The first kappa shape index (κ1) is 24.4. The summed E-state index contributed by atoms with van der Waals surface area (Å²) < 4.78 is 38.4. The Morgan fingerprint density at radius 2 is 1.82 bits per heavy atom. The Labute approximate surface area is 194 Å². The maximum atomic E-state index is 12.8. The number of aryl methyl sites for hydroxylation is 2. The van der Waals surface area contributed by atoms with Gasteiger partial charge in [-0.15, -0.1) is 11.8 Å². The Balaban J connectivity index is 1.72. The SMILES string of the molecule is Cc1cc(SCc2cccc(Nc3ccc(C(F)(F)F)cc3)c2C=N)ccc1CCC(=O)O. The number of alkyl halides is 3. The van der Waals surface area contributed by atoms with Crippen LogP contribution in [0.15, 0.2) is 65.6 Å². The van der Waals surface area contributed by atoms with Crippen molar-refractivity contribution in [2.45, 2.75) is 36.6 Å². The molecule has 0 aliphatic rings. The molecule has 0 bridgehead atoms. The number of carboxylic acids is 1. The third-order valence-electron chi connectivity index (χ3n) is 5.15. The number of halogens is 3. The van der Waals surface area contributed by atoms with Gasteiger partial charge >= 0.3 is 12.1 Å². The maximum Gasteiger partial charge on any atom is 0.416 e. The van der Waals surface area contributed by atoms with E-state index in [9.17, 15) is 18.0 Å². The van der Waals surface area contributed by atoms with Gasteiger partial charge in [0.2, 0.25) is 0 Å². The van der Waals surface area contributed by atoms with Gasteiger partial charge in [-0.2, -0.15) is 13.2 Å². The molecule has 0 fully saturated rings. The maximum absolute atomic E-state index is 12.8. The van der Waals surface area contributed by atoms with E-state index in [1.54, 1.807) is 17.8 Å². The van der Waals surface area contributed by atoms with Gasteiger partial charge in [0, 0.05) is 40.2 Å². The predicted molar refractivity (Wildman–Crippen MR) is 126 cm³/mol. The highest BCUT2D eigenvalue weighted by Gasteiger charge is 2.29. The van der Waals surface area contributed by atoms with Gasteiger partial charge in [0.1, 0.15) is 0 Å². The molecular formula is C25H23F3N2O2S. The topological polar surface area (TPSA) is 73.2 Å². The highest BCUT2D eigenvalue weighted by Crippen LogP contribution is 2.32. The van der Waals surface area contributed by atoms with Crippen LogP contribution < -0.4 is 5.32 Å². The molecule has 3 aromatic rings. The zero-order valence-electron chi connectivity index (χ0n) is 17.9. The summed E-state index contributed by atoms with van der Waals surface area (Å²) in [4.78, 5) is 11.8. The molecule has 0 unspecified atom stereocenters. The molecule has 0 aliphatic heterocycles. The molecule has 0 aromatic heterocycles. The van der Waals surface area contributed by atoms with E-state index < -0.39 is 17.7 Å². The van der Waals surface area contributed by atoms with Gasteiger partial charge in [0.25, 0.3) is 0 Å². The highest BCUT2D eigenvalue weighted by molar-refractivity contribution is 7.98. The van der Waals surface area contributed by atoms with E-state index in [0.29, 0.717) is 29.1 Å². The number of carboxylic acid groups (broad SMARTS) is 1. The number of benzene rings is 3. The molecule has 0 saturated heterocycles. The van der Waals surface area contributed by atoms with Crippen LogP contribution in [0.3, 0.4) is 0 Å². The average Bonchev–Trinajstić information content (AvgIpc) is 2.76. The van der Waals surface area contributed by atoms with Gasteiger partial charge in [-0.25, -0.2) is 0 Å². The third-order valence-corrected chi connectivity index (χ3v) is 6.19. The number of thioether (sulfide) groups is 1. The van der Waals surface area contributed by atoms with Gasteiger partial charge < -0.3 is 15.8 Å². The van der Waals surface area contributed by atoms with E-state index in [1.165, 1.54) is 18.3 Å². The molecule has 4 nitrogen and oxygen atoms in total. The highest BCUT2D eigenvalue weighted by atomic mass is 32.2. The Bertz CT molecular complexity index is 1150. The molecule has 0 aliphatic carbocycles. The lowest BCUT2D eigenvalue weighted by atomic mass is 10.0. The van der Waals surface area contributed by atoms with Crippen molar-refractivity contribution in [3.05, 3.63) is 88.5 Å². The third kappa shape index (κ3) is 6.61. The standard InChI is InChI=1S/C25H23F3N2O2S/c1-16-13-21(11-5-17(16)6-12-24(31)32)33-15-18-3-2-4-23(22(18)14-29)30-20-9-7-19(8-10-20)25(26,27)28/h2-5,7-11,13-14,29-30H,6,12,15H2,1H3,(H,31,32). The van der Waals surface area contributed by atoms with E-state index >= 15 is 0 Å². The second-order valence-electron chi connectivity index (χ2n) is 7.49. The molecule has 0 saturated carbocycles. The fourth-order valence-electron chi connectivity index (χ4n) is 3.36. The van der Waals surface area contributed by atoms with Crippen LogP contribution in [0.5, 0.6) is 0 Å². The molecule has 33 heavy (non-hydrogen) atoms. The Morgan fingerprint density at radius 3 is 2.42 bits per heavy atom. The van der Waals surface area contributed by atoms with Gasteiger partial charge in [-0.1, -0.05) is 18.2 Å². The van der Waals surface area contributed by atoms with Crippen molar-refractivity contribution in [3.63, 3.8) is 0 Å².